The largest absolute Gasteiger partial charge is 0.357 e. The molecule has 0 bridgehead atoms. The van der Waals surface area contributed by atoms with E-state index in [4.69, 9.17) is 4.74 Å². The smallest absolute Gasteiger partial charge is 0.277 e. The molecule has 0 unspecified atom stereocenters. The first-order valence-corrected chi connectivity index (χ1v) is 7.41. The molecule has 130 valence electrons. The molecular formula is C15H15N5O5. The monoisotopic (exact) mass is 345 g/mol. The zero-order valence-electron chi connectivity index (χ0n) is 14.0. The van der Waals surface area contributed by atoms with E-state index in [9.17, 15) is 20.2 Å². The Balaban J connectivity index is 2.19. The Morgan fingerprint density at radius 2 is 1.40 bits per heavy atom. The molecule has 0 saturated carbocycles. The molecule has 10 nitrogen and oxygen atoms in total. The van der Waals surface area contributed by atoms with Gasteiger partial charge in [-0.15, -0.1) is 10.2 Å². The fourth-order valence-corrected chi connectivity index (χ4v) is 2.94. The lowest BCUT2D eigenvalue weighted by molar-refractivity contribution is -0.394. The number of non-ortho nitro benzene ring substituents is 2. The zero-order valence-corrected chi connectivity index (χ0v) is 14.0. The fourth-order valence-electron chi connectivity index (χ4n) is 2.94. The minimum Gasteiger partial charge on any atom is -0.357 e. The van der Waals surface area contributed by atoms with E-state index in [1.54, 1.807) is 0 Å². The molecule has 0 saturated heterocycles. The van der Waals surface area contributed by atoms with Crippen LogP contribution in [0.5, 0.6) is 0 Å². The van der Waals surface area contributed by atoms with Crippen molar-refractivity contribution in [3.05, 3.63) is 49.8 Å². The number of hydrogen-bond donors (Lipinski definition) is 0. The van der Waals surface area contributed by atoms with Crippen molar-refractivity contribution in [2.24, 2.45) is 0 Å². The van der Waals surface area contributed by atoms with Gasteiger partial charge in [0.2, 0.25) is 0 Å². The van der Waals surface area contributed by atoms with Crippen LogP contribution in [0.25, 0.3) is 11.4 Å². The molecule has 0 N–H and O–H groups in total. The van der Waals surface area contributed by atoms with Crippen LogP contribution in [0, 0.1) is 20.2 Å². The summed E-state index contributed by atoms with van der Waals surface area (Å²) in [6.45, 7) is 7.34. The number of benzene rings is 1. The molecule has 1 aromatic heterocycles. The highest BCUT2D eigenvalue weighted by Crippen LogP contribution is 2.44. The van der Waals surface area contributed by atoms with Crippen molar-refractivity contribution in [3.63, 3.8) is 0 Å². The standard InChI is InChI=1S/C15H15N5O5/c1-14(2)11-12(15(3,4)25-14)17-18-13(16-11)8-5-9(19(21)22)7-10(6-8)20(23)24/h5-7H,1-4H3. The molecule has 0 atom stereocenters. The third-order valence-electron chi connectivity index (χ3n) is 3.92. The zero-order chi connectivity index (χ0) is 18.6. The molecule has 3 rings (SSSR count). The summed E-state index contributed by atoms with van der Waals surface area (Å²) in [7, 11) is 0. The first kappa shape index (κ1) is 16.8. The summed E-state index contributed by atoms with van der Waals surface area (Å²) < 4.78 is 5.94. The van der Waals surface area contributed by atoms with Crippen molar-refractivity contribution in [1.29, 1.82) is 0 Å². The van der Waals surface area contributed by atoms with Crippen molar-refractivity contribution < 1.29 is 14.6 Å². The predicted octanol–water partition coefficient (Wildman–Crippen LogP) is 2.86. The number of nitro groups is 2. The molecule has 1 aromatic carbocycles. The Labute approximate surface area is 142 Å². The van der Waals surface area contributed by atoms with Gasteiger partial charge in [0, 0.05) is 17.7 Å². The van der Waals surface area contributed by atoms with E-state index in [2.05, 4.69) is 15.2 Å². The van der Waals surface area contributed by atoms with E-state index < -0.39 is 32.4 Å². The average molecular weight is 345 g/mol. The number of ether oxygens (including phenoxy) is 1. The van der Waals surface area contributed by atoms with E-state index >= 15 is 0 Å². The lowest BCUT2D eigenvalue weighted by atomic mass is 10.0. The quantitative estimate of drug-likeness (QED) is 0.612. The van der Waals surface area contributed by atoms with Crippen molar-refractivity contribution >= 4 is 11.4 Å². The minimum absolute atomic E-state index is 0.0694. The van der Waals surface area contributed by atoms with Gasteiger partial charge in [0.15, 0.2) is 5.82 Å². The second-order valence-electron chi connectivity index (χ2n) is 6.71. The van der Waals surface area contributed by atoms with Crippen molar-refractivity contribution in [3.8, 4) is 11.4 Å². The average Bonchev–Trinajstić information content (AvgIpc) is 2.71. The van der Waals surface area contributed by atoms with Gasteiger partial charge in [-0.3, -0.25) is 20.2 Å². The van der Waals surface area contributed by atoms with Crippen LogP contribution in [0.15, 0.2) is 18.2 Å². The van der Waals surface area contributed by atoms with Gasteiger partial charge in [-0.25, -0.2) is 4.98 Å². The number of nitro benzene ring substituents is 2. The number of rotatable bonds is 3. The van der Waals surface area contributed by atoms with Crippen LogP contribution in [0.3, 0.4) is 0 Å². The van der Waals surface area contributed by atoms with E-state index in [-0.39, 0.29) is 11.4 Å². The van der Waals surface area contributed by atoms with Gasteiger partial charge in [-0.2, -0.15) is 0 Å². The number of fused-ring (bicyclic) bond motifs is 1. The van der Waals surface area contributed by atoms with Gasteiger partial charge in [-0.05, 0) is 27.7 Å². The molecule has 1 aliphatic heterocycles. The fraction of sp³-hybridized carbons (Fsp3) is 0.400. The normalized spacial score (nSPS) is 17.1. The van der Waals surface area contributed by atoms with Gasteiger partial charge in [0.25, 0.3) is 11.4 Å². The maximum atomic E-state index is 11.0. The SMILES string of the molecule is CC1(C)OC(C)(C)c2nc(-c3cc([N+](=O)[O-])cc([N+](=O)[O-])c3)nnc21. The molecule has 2 aromatic rings. The van der Waals surface area contributed by atoms with Gasteiger partial charge in [0.1, 0.15) is 22.6 Å². The molecule has 0 amide bonds. The lowest BCUT2D eigenvalue weighted by Crippen LogP contribution is -2.23. The molecule has 2 heterocycles. The van der Waals surface area contributed by atoms with Gasteiger partial charge < -0.3 is 4.74 Å². The lowest BCUT2D eigenvalue weighted by Gasteiger charge is -2.23. The summed E-state index contributed by atoms with van der Waals surface area (Å²) in [5.74, 6) is 0.0694. The highest BCUT2D eigenvalue weighted by molar-refractivity contribution is 5.64. The molecule has 10 heteroatoms. The maximum Gasteiger partial charge on any atom is 0.277 e. The van der Waals surface area contributed by atoms with Crippen LogP contribution in [0.2, 0.25) is 0 Å². The van der Waals surface area contributed by atoms with Crippen LogP contribution in [-0.4, -0.2) is 25.0 Å². The van der Waals surface area contributed by atoms with Crippen LogP contribution < -0.4 is 0 Å². The summed E-state index contributed by atoms with van der Waals surface area (Å²) in [5, 5.41) is 30.2. The molecule has 0 fully saturated rings. The van der Waals surface area contributed by atoms with E-state index in [1.165, 1.54) is 12.1 Å². The summed E-state index contributed by atoms with van der Waals surface area (Å²) in [4.78, 5) is 25.1. The van der Waals surface area contributed by atoms with Crippen LogP contribution in [0.4, 0.5) is 11.4 Å². The van der Waals surface area contributed by atoms with Crippen molar-refractivity contribution in [1.82, 2.24) is 15.2 Å². The first-order valence-electron chi connectivity index (χ1n) is 7.41. The molecular weight excluding hydrogens is 330 g/mol. The Morgan fingerprint density at radius 1 is 0.880 bits per heavy atom. The third kappa shape index (κ3) is 2.80. The molecule has 0 aliphatic carbocycles. The van der Waals surface area contributed by atoms with E-state index in [0.717, 1.165) is 6.07 Å². The topological polar surface area (TPSA) is 134 Å². The molecule has 1 aliphatic rings. The highest BCUT2D eigenvalue weighted by atomic mass is 16.6. The minimum atomic E-state index is -0.726. The first-order chi connectivity index (χ1) is 11.5. The van der Waals surface area contributed by atoms with Crippen molar-refractivity contribution in [2.75, 3.05) is 0 Å². The van der Waals surface area contributed by atoms with E-state index in [1.807, 2.05) is 27.7 Å². The van der Waals surface area contributed by atoms with E-state index in [0.29, 0.717) is 11.4 Å². The number of aromatic nitrogens is 3. The van der Waals surface area contributed by atoms with Crippen LogP contribution in [0.1, 0.15) is 39.1 Å². The van der Waals surface area contributed by atoms with Gasteiger partial charge >= 0.3 is 0 Å². The molecule has 0 radical (unpaired) electrons. The third-order valence-corrected chi connectivity index (χ3v) is 3.92. The summed E-state index contributed by atoms with van der Waals surface area (Å²) >= 11 is 0. The Kier molecular flexibility index (Phi) is 3.53. The van der Waals surface area contributed by atoms with Gasteiger partial charge in [0.05, 0.1) is 15.9 Å². The van der Waals surface area contributed by atoms with Gasteiger partial charge in [-0.1, -0.05) is 0 Å². The highest BCUT2D eigenvalue weighted by Gasteiger charge is 2.46. The Morgan fingerprint density at radius 3 is 1.92 bits per heavy atom. The van der Waals surface area contributed by atoms with Crippen LogP contribution in [-0.2, 0) is 15.9 Å². The molecule has 25 heavy (non-hydrogen) atoms. The summed E-state index contributed by atoms with van der Waals surface area (Å²) in [6.07, 6.45) is 0. The Bertz CT molecular complexity index is 877. The summed E-state index contributed by atoms with van der Waals surface area (Å²) in [5.41, 5.74) is -0.954. The van der Waals surface area contributed by atoms with Crippen LogP contribution >= 0.6 is 0 Å². The number of hydrogen-bond acceptors (Lipinski definition) is 8. The second-order valence-corrected chi connectivity index (χ2v) is 6.71. The second kappa shape index (κ2) is 5.24. The molecule has 0 spiro atoms. The number of nitrogens with zero attached hydrogens (tertiary/aromatic N) is 5. The summed E-state index contributed by atoms with van der Waals surface area (Å²) in [6, 6.07) is 3.26. The maximum absolute atomic E-state index is 11.0. The predicted molar refractivity (Wildman–Crippen MR) is 85.7 cm³/mol. The van der Waals surface area contributed by atoms with Crippen molar-refractivity contribution in [2.45, 2.75) is 38.9 Å². The Hall–Kier alpha value is -3.01.